The minimum atomic E-state index is -0.0968. The fraction of sp³-hybridized carbons (Fsp3) is 0.533. The highest BCUT2D eigenvalue weighted by Gasteiger charge is 2.31. The second kappa shape index (κ2) is 5.32. The predicted octanol–water partition coefficient (Wildman–Crippen LogP) is 1.82. The lowest BCUT2D eigenvalue weighted by atomic mass is 10.0. The highest BCUT2D eigenvalue weighted by Crippen LogP contribution is 2.39. The molecular formula is C15H20N2O3. The molecule has 0 radical (unpaired) electrons. The van der Waals surface area contributed by atoms with Gasteiger partial charge < -0.3 is 20.1 Å². The molecule has 2 heterocycles. The molecule has 2 N–H and O–H groups in total. The van der Waals surface area contributed by atoms with Gasteiger partial charge in [-0.25, -0.2) is 0 Å². The Kier molecular flexibility index (Phi) is 3.53. The van der Waals surface area contributed by atoms with Gasteiger partial charge in [-0.05, 0) is 37.5 Å². The van der Waals surface area contributed by atoms with Crippen molar-refractivity contribution in [2.75, 3.05) is 13.3 Å². The van der Waals surface area contributed by atoms with Crippen LogP contribution in [-0.2, 0) is 4.79 Å². The summed E-state index contributed by atoms with van der Waals surface area (Å²) in [6.45, 7) is 2.95. The zero-order valence-electron chi connectivity index (χ0n) is 11.7. The first kappa shape index (κ1) is 13.2. The van der Waals surface area contributed by atoms with E-state index >= 15 is 0 Å². The van der Waals surface area contributed by atoms with Crippen LogP contribution in [0.5, 0.6) is 11.5 Å². The molecule has 0 saturated carbocycles. The molecule has 1 saturated heterocycles. The highest BCUT2D eigenvalue weighted by molar-refractivity contribution is 5.77. The number of rotatable bonds is 3. The molecule has 2 aliphatic heterocycles. The maximum Gasteiger partial charge on any atom is 0.231 e. The van der Waals surface area contributed by atoms with Crippen LogP contribution in [0.3, 0.4) is 0 Å². The third-order valence-corrected chi connectivity index (χ3v) is 3.85. The van der Waals surface area contributed by atoms with E-state index in [1.807, 2.05) is 30.0 Å². The molecule has 0 aliphatic carbocycles. The highest BCUT2D eigenvalue weighted by atomic mass is 16.7. The molecule has 1 aromatic rings. The summed E-state index contributed by atoms with van der Waals surface area (Å²) in [6.07, 6.45) is 2.43. The van der Waals surface area contributed by atoms with Crippen molar-refractivity contribution in [3.05, 3.63) is 23.8 Å². The summed E-state index contributed by atoms with van der Waals surface area (Å²) in [5.74, 6) is 1.69. The van der Waals surface area contributed by atoms with Gasteiger partial charge in [-0.2, -0.15) is 0 Å². The minimum absolute atomic E-state index is 0.0968. The molecule has 2 atom stereocenters. The van der Waals surface area contributed by atoms with Crippen LogP contribution in [0.15, 0.2) is 18.2 Å². The SMILES string of the molecule is CC(N)CC(=O)N1CCCC1c1ccc2c(c1)OCO2. The lowest BCUT2D eigenvalue weighted by molar-refractivity contribution is -0.132. The monoisotopic (exact) mass is 276 g/mol. The van der Waals surface area contributed by atoms with Crippen LogP contribution in [-0.4, -0.2) is 30.2 Å². The molecule has 1 aromatic carbocycles. The summed E-state index contributed by atoms with van der Waals surface area (Å²) < 4.78 is 10.7. The van der Waals surface area contributed by atoms with E-state index in [0.717, 1.165) is 36.4 Å². The zero-order chi connectivity index (χ0) is 14.1. The summed E-state index contributed by atoms with van der Waals surface area (Å²) in [4.78, 5) is 14.2. The number of nitrogens with two attached hydrogens (primary N) is 1. The van der Waals surface area contributed by atoms with E-state index in [2.05, 4.69) is 0 Å². The van der Waals surface area contributed by atoms with Gasteiger partial charge in [-0.1, -0.05) is 6.07 Å². The van der Waals surface area contributed by atoms with Gasteiger partial charge in [0.25, 0.3) is 0 Å². The van der Waals surface area contributed by atoms with Gasteiger partial charge in [0.1, 0.15) is 0 Å². The van der Waals surface area contributed by atoms with E-state index in [9.17, 15) is 4.79 Å². The van der Waals surface area contributed by atoms with Crippen molar-refractivity contribution in [2.45, 2.75) is 38.3 Å². The second-order valence-corrected chi connectivity index (χ2v) is 5.54. The molecule has 1 fully saturated rings. The van der Waals surface area contributed by atoms with Crippen LogP contribution < -0.4 is 15.2 Å². The van der Waals surface area contributed by atoms with Crippen LogP contribution in [0.1, 0.15) is 37.8 Å². The topological polar surface area (TPSA) is 64.8 Å². The van der Waals surface area contributed by atoms with Crippen LogP contribution in [0.25, 0.3) is 0 Å². The van der Waals surface area contributed by atoms with Crippen molar-refractivity contribution < 1.29 is 14.3 Å². The first-order valence-electron chi connectivity index (χ1n) is 7.10. The molecular weight excluding hydrogens is 256 g/mol. The standard InChI is InChI=1S/C15H20N2O3/c1-10(16)7-15(18)17-6-2-3-12(17)11-4-5-13-14(8-11)20-9-19-13/h4-5,8,10,12H,2-3,6-7,9,16H2,1H3. The number of amides is 1. The fourth-order valence-electron chi connectivity index (χ4n) is 2.92. The minimum Gasteiger partial charge on any atom is -0.454 e. The van der Waals surface area contributed by atoms with E-state index in [0.29, 0.717) is 6.42 Å². The summed E-state index contributed by atoms with van der Waals surface area (Å²) in [7, 11) is 0. The Morgan fingerprint density at radius 2 is 2.25 bits per heavy atom. The van der Waals surface area contributed by atoms with E-state index in [4.69, 9.17) is 15.2 Å². The predicted molar refractivity (Wildman–Crippen MR) is 74.5 cm³/mol. The van der Waals surface area contributed by atoms with Gasteiger partial charge in [-0.15, -0.1) is 0 Å². The first-order chi connectivity index (χ1) is 9.65. The Bertz CT molecular complexity index is 516. The van der Waals surface area contributed by atoms with E-state index < -0.39 is 0 Å². The largest absolute Gasteiger partial charge is 0.454 e. The van der Waals surface area contributed by atoms with Crippen molar-refractivity contribution in [1.29, 1.82) is 0 Å². The van der Waals surface area contributed by atoms with Gasteiger partial charge >= 0.3 is 0 Å². The molecule has 0 spiro atoms. The summed E-state index contributed by atoms with van der Waals surface area (Å²) in [5, 5.41) is 0. The lowest BCUT2D eigenvalue weighted by Crippen LogP contribution is -2.34. The molecule has 5 heteroatoms. The molecule has 3 rings (SSSR count). The smallest absolute Gasteiger partial charge is 0.231 e. The summed E-state index contributed by atoms with van der Waals surface area (Å²) in [5.41, 5.74) is 6.85. The number of ether oxygens (including phenoxy) is 2. The molecule has 20 heavy (non-hydrogen) atoms. The molecule has 2 aliphatic rings. The summed E-state index contributed by atoms with van der Waals surface area (Å²) >= 11 is 0. The molecule has 1 amide bonds. The van der Waals surface area contributed by atoms with Crippen LogP contribution >= 0.6 is 0 Å². The second-order valence-electron chi connectivity index (χ2n) is 5.54. The third-order valence-electron chi connectivity index (χ3n) is 3.85. The number of hydrogen-bond donors (Lipinski definition) is 1. The summed E-state index contributed by atoms with van der Waals surface area (Å²) in [6, 6.07) is 5.97. The number of nitrogens with zero attached hydrogens (tertiary/aromatic N) is 1. The maximum absolute atomic E-state index is 12.3. The number of benzene rings is 1. The van der Waals surface area contributed by atoms with E-state index in [1.54, 1.807) is 0 Å². The third kappa shape index (κ3) is 2.45. The van der Waals surface area contributed by atoms with Crippen LogP contribution in [0, 0.1) is 0 Å². The average molecular weight is 276 g/mol. The average Bonchev–Trinajstić information content (AvgIpc) is 3.06. The normalized spacial score (nSPS) is 22.1. The number of hydrogen-bond acceptors (Lipinski definition) is 4. The molecule has 2 unspecified atom stereocenters. The Morgan fingerprint density at radius 1 is 1.45 bits per heavy atom. The van der Waals surface area contributed by atoms with Crippen molar-refractivity contribution in [2.24, 2.45) is 5.73 Å². The molecule has 0 aromatic heterocycles. The molecule has 5 nitrogen and oxygen atoms in total. The Morgan fingerprint density at radius 3 is 3.05 bits per heavy atom. The van der Waals surface area contributed by atoms with Crippen molar-refractivity contribution in [3.63, 3.8) is 0 Å². The fourth-order valence-corrected chi connectivity index (χ4v) is 2.92. The van der Waals surface area contributed by atoms with E-state index in [1.165, 1.54) is 0 Å². The van der Waals surface area contributed by atoms with Gasteiger partial charge in [0, 0.05) is 19.0 Å². The van der Waals surface area contributed by atoms with Crippen molar-refractivity contribution in [3.8, 4) is 11.5 Å². The Balaban J connectivity index is 1.80. The van der Waals surface area contributed by atoms with Gasteiger partial charge in [0.15, 0.2) is 11.5 Å². The van der Waals surface area contributed by atoms with Crippen LogP contribution in [0.2, 0.25) is 0 Å². The van der Waals surface area contributed by atoms with Gasteiger partial charge in [-0.3, -0.25) is 4.79 Å². The molecule has 108 valence electrons. The Hall–Kier alpha value is -1.75. The van der Waals surface area contributed by atoms with E-state index in [-0.39, 0.29) is 24.8 Å². The van der Waals surface area contributed by atoms with Gasteiger partial charge in [0.05, 0.1) is 6.04 Å². The quantitative estimate of drug-likeness (QED) is 0.914. The number of likely N-dealkylation sites (tertiary alicyclic amines) is 1. The maximum atomic E-state index is 12.3. The number of carbonyl (C=O) groups excluding carboxylic acids is 1. The first-order valence-corrected chi connectivity index (χ1v) is 7.10. The zero-order valence-corrected chi connectivity index (χ0v) is 11.7. The Labute approximate surface area is 118 Å². The van der Waals surface area contributed by atoms with Crippen molar-refractivity contribution in [1.82, 2.24) is 4.90 Å². The number of carbonyl (C=O) groups is 1. The van der Waals surface area contributed by atoms with Crippen molar-refractivity contribution >= 4 is 5.91 Å². The lowest BCUT2D eigenvalue weighted by Gasteiger charge is -2.26. The molecule has 0 bridgehead atoms. The van der Waals surface area contributed by atoms with Gasteiger partial charge in [0.2, 0.25) is 12.7 Å². The van der Waals surface area contributed by atoms with Crippen LogP contribution in [0.4, 0.5) is 0 Å². The number of fused-ring (bicyclic) bond motifs is 1.